The van der Waals surface area contributed by atoms with E-state index in [0.29, 0.717) is 26.3 Å². The van der Waals surface area contributed by atoms with E-state index in [1.807, 2.05) is 54.6 Å². The molecule has 2 rings (SSSR count). The van der Waals surface area contributed by atoms with Crippen LogP contribution in [0.15, 0.2) is 54.6 Å². The Morgan fingerprint density at radius 3 is 1.87 bits per heavy atom. The molecular formula is C21H24F3NO6. The summed E-state index contributed by atoms with van der Waals surface area (Å²) in [7, 11) is 0. The summed E-state index contributed by atoms with van der Waals surface area (Å²) >= 11 is 0. The monoisotopic (exact) mass is 443 g/mol. The number of ether oxygens (including phenoxy) is 2. The van der Waals surface area contributed by atoms with Crippen molar-refractivity contribution in [3.05, 3.63) is 60.2 Å². The summed E-state index contributed by atoms with van der Waals surface area (Å²) in [6, 6.07) is 17.5. The molecule has 31 heavy (non-hydrogen) atoms. The first kappa shape index (κ1) is 25.8. The first-order chi connectivity index (χ1) is 14.7. The van der Waals surface area contributed by atoms with Gasteiger partial charge >= 0.3 is 18.1 Å². The van der Waals surface area contributed by atoms with Crippen LogP contribution in [-0.4, -0.2) is 48.1 Å². The number of para-hydroxylation sites is 1. The SMILES string of the molecule is O=C(O)C(F)(F)F.O=C(O)CCNCc1ccc(OCCCOc2ccccc2)cc1. The molecule has 0 bridgehead atoms. The Labute approximate surface area is 177 Å². The lowest BCUT2D eigenvalue weighted by Gasteiger charge is -2.09. The molecule has 0 aliphatic heterocycles. The maximum Gasteiger partial charge on any atom is 0.490 e. The number of benzene rings is 2. The van der Waals surface area contributed by atoms with Gasteiger partial charge in [0.05, 0.1) is 19.6 Å². The van der Waals surface area contributed by atoms with Gasteiger partial charge in [0.25, 0.3) is 0 Å². The van der Waals surface area contributed by atoms with Crippen LogP contribution in [0.5, 0.6) is 11.5 Å². The Morgan fingerprint density at radius 1 is 0.871 bits per heavy atom. The van der Waals surface area contributed by atoms with Crippen LogP contribution in [0.2, 0.25) is 0 Å². The van der Waals surface area contributed by atoms with Crippen molar-refractivity contribution in [3.8, 4) is 11.5 Å². The number of alkyl halides is 3. The molecule has 0 amide bonds. The van der Waals surface area contributed by atoms with Gasteiger partial charge in [-0.15, -0.1) is 0 Å². The molecule has 0 heterocycles. The highest BCUT2D eigenvalue weighted by atomic mass is 19.4. The van der Waals surface area contributed by atoms with Crippen LogP contribution in [0.3, 0.4) is 0 Å². The largest absolute Gasteiger partial charge is 0.493 e. The van der Waals surface area contributed by atoms with E-state index in [2.05, 4.69) is 5.32 Å². The topological polar surface area (TPSA) is 105 Å². The lowest BCUT2D eigenvalue weighted by molar-refractivity contribution is -0.192. The second-order valence-corrected chi connectivity index (χ2v) is 6.13. The number of halogens is 3. The average molecular weight is 443 g/mol. The number of carbonyl (C=O) groups is 2. The van der Waals surface area contributed by atoms with E-state index in [0.717, 1.165) is 23.5 Å². The molecule has 7 nitrogen and oxygen atoms in total. The number of hydrogen-bond donors (Lipinski definition) is 3. The van der Waals surface area contributed by atoms with Gasteiger partial charge in [-0.05, 0) is 29.8 Å². The molecule has 0 saturated heterocycles. The number of rotatable bonds is 11. The molecule has 0 atom stereocenters. The number of carboxylic acid groups (broad SMARTS) is 2. The Balaban J connectivity index is 0.000000592. The minimum Gasteiger partial charge on any atom is -0.493 e. The molecule has 0 unspecified atom stereocenters. The van der Waals surface area contributed by atoms with Gasteiger partial charge in [0.1, 0.15) is 11.5 Å². The van der Waals surface area contributed by atoms with Crippen molar-refractivity contribution in [3.63, 3.8) is 0 Å². The van der Waals surface area contributed by atoms with E-state index in [1.54, 1.807) is 0 Å². The zero-order chi connectivity index (χ0) is 23.1. The zero-order valence-corrected chi connectivity index (χ0v) is 16.6. The standard InChI is InChI=1S/C19H23NO4.C2HF3O2/c21-19(22)11-12-20-15-16-7-9-18(10-8-16)24-14-4-13-23-17-5-2-1-3-6-17;3-2(4,5)1(6)7/h1-3,5-10,20H,4,11-15H2,(H,21,22);(H,6,7). The molecule has 0 aliphatic rings. The van der Waals surface area contributed by atoms with Crippen molar-refractivity contribution in [1.29, 1.82) is 0 Å². The number of nitrogens with one attached hydrogen (secondary N) is 1. The van der Waals surface area contributed by atoms with E-state index in [4.69, 9.17) is 24.5 Å². The fraction of sp³-hybridized carbons (Fsp3) is 0.333. The molecule has 2 aromatic carbocycles. The van der Waals surface area contributed by atoms with Gasteiger partial charge < -0.3 is 25.0 Å². The van der Waals surface area contributed by atoms with Crippen molar-refractivity contribution in [2.75, 3.05) is 19.8 Å². The third-order valence-corrected chi connectivity index (χ3v) is 3.58. The van der Waals surface area contributed by atoms with Crippen LogP contribution >= 0.6 is 0 Å². The Bertz CT molecular complexity index is 782. The fourth-order valence-corrected chi connectivity index (χ4v) is 2.09. The molecule has 0 saturated carbocycles. The summed E-state index contributed by atoms with van der Waals surface area (Å²) in [5, 5.41) is 18.8. The van der Waals surface area contributed by atoms with Crippen molar-refractivity contribution in [2.24, 2.45) is 0 Å². The predicted octanol–water partition coefficient (Wildman–Crippen LogP) is 3.73. The van der Waals surface area contributed by atoms with Crippen molar-refractivity contribution < 1.29 is 42.4 Å². The van der Waals surface area contributed by atoms with Crippen LogP contribution in [-0.2, 0) is 16.1 Å². The molecular weight excluding hydrogens is 419 g/mol. The number of aliphatic carboxylic acids is 2. The number of hydrogen-bond acceptors (Lipinski definition) is 5. The summed E-state index contributed by atoms with van der Waals surface area (Å²) in [5.74, 6) is -1.85. The molecule has 0 radical (unpaired) electrons. The predicted molar refractivity (Wildman–Crippen MR) is 106 cm³/mol. The maximum absolute atomic E-state index is 10.6. The highest BCUT2D eigenvalue weighted by Crippen LogP contribution is 2.14. The molecule has 0 aromatic heterocycles. The fourth-order valence-electron chi connectivity index (χ4n) is 2.09. The Hall–Kier alpha value is -3.27. The average Bonchev–Trinajstić information content (AvgIpc) is 2.72. The van der Waals surface area contributed by atoms with Crippen molar-refractivity contribution in [1.82, 2.24) is 5.32 Å². The second-order valence-electron chi connectivity index (χ2n) is 6.13. The van der Waals surface area contributed by atoms with Crippen LogP contribution in [0.4, 0.5) is 13.2 Å². The molecule has 0 aliphatic carbocycles. The Kier molecular flexibility index (Phi) is 11.5. The van der Waals surface area contributed by atoms with E-state index in [9.17, 15) is 18.0 Å². The van der Waals surface area contributed by atoms with Gasteiger partial charge in [0.2, 0.25) is 0 Å². The third kappa shape index (κ3) is 12.8. The highest BCUT2D eigenvalue weighted by molar-refractivity contribution is 5.73. The first-order valence-corrected chi connectivity index (χ1v) is 9.30. The quantitative estimate of drug-likeness (QED) is 0.455. The first-order valence-electron chi connectivity index (χ1n) is 9.30. The zero-order valence-electron chi connectivity index (χ0n) is 16.6. The van der Waals surface area contributed by atoms with Crippen LogP contribution in [0.1, 0.15) is 18.4 Å². The molecule has 10 heteroatoms. The summed E-state index contributed by atoms with van der Waals surface area (Å²) in [5.41, 5.74) is 1.10. The van der Waals surface area contributed by atoms with Gasteiger partial charge in [-0.25, -0.2) is 4.79 Å². The summed E-state index contributed by atoms with van der Waals surface area (Å²) in [6.45, 7) is 2.34. The van der Waals surface area contributed by atoms with Gasteiger partial charge in [0, 0.05) is 19.5 Å². The summed E-state index contributed by atoms with van der Waals surface area (Å²) in [4.78, 5) is 19.3. The van der Waals surface area contributed by atoms with E-state index < -0.39 is 18.1 Å². The minimum absolute atomic E-state index is 0.131. The minimum atomic E-state index is -5.08. The maximum atomic E-state index is 10.6. The highest BCUT2D eigenvalue weighted by Gasteiger charge is 2.38. The summed E-state index contributed by atoms with van der Waals surface area (Å²) in [6.07, 6.45) is -4.14. The van der Waals surface area contributed by atoms with Gasteiger partial charge in [-0.1, -0.05) is 30.3 Å². The van der Waals surface area contributed by atoms with E-state index >= 15 is 0 Å². The summed E-state index contributed by atoms with van der Waals surface area (Å²) < 4.78 is 43.0. The third-order valence-electron chi connectivity index (χ3n) is 3.58. The lowest BCUT2D eigenvalue weighted by atomic mass is 10.2. The molecule has 2 aromatic rings. The molecule has 3 N–H and O–H groups in total. The smallest absolute Gasteiger partial charge is 0.490 e. The van der Waals surface area contributed by atoms with Gasteiger partial charge in [0.15, 0.2) is 0 Å². The van der Waals surface area contributed by atoms with E-state index in [-0.39, 0.29) is 6.42 Å². The van der Waals surface area contributed by atoms with Gasteiger partial charge in [-0.2, -0.15) is 13.2 Å². The van der Waals surface area contributed by atoms with Crippen LogP contribution in [0.25, 0.3) is 0 Å². The van der Waals surface area contributed by atoms with Crippen molar-refractivity contribution in [2.45, 2.75) is 25.6 Å². The second kappa shape index (κ2) is 13.9. The normalized spacial score (nSPS) is 10.5. The molecule has 170 valence electrons. The van der Waals surface area contributed by atoms with Crippen molar-refractivity contribution >= 4 is 11.9 Å². The molecule has 0 spiro atoms. The van der Waals surface area contributed by atoms with Gasteiger partial charge in [-0.3, -0.25) is 4.79 Å². The van der Waals surface area contributed by atoms with Crippen LogP contribution < -0.4 is 14.8 Å². The van der Waals surface area contributed by atoms with E-state index in [1.165, 1.54) is 0 Å². The van der Waals surface area contributed by atoms with Crippen LogP contribution in [0, 0.1) is 0 Å². The number of carboxylic acids is 2. The lowest BCUT2D eigenvalue weighted by Crippen LogP contribution is -2.21. The Morgan fingerprint density at radius 2 is 1.39 bits per heavy atom. The molecule has 0 fully saturated rings.